The molecule has 2 aromatic rings. The Hall–Kier alpha value is -1.93. The number of aromatic nitrogens is 2. The Kier molecular flexibility index (Phi) is 5.15. The molecule has 5 nitrogen and oxygen atoms in total. The standard InChI is InChI=1S/C14H16F3N3O2/c1-8(14-18-12(7-21-3)19-22-14)20(2)6-9-4-10(15)13(17)11(16)5-9/h4-5,8H,6-7H2,1-3H3/t8-/m0/s1. The molecular weight excluding hydrogens is 299 g/mol. The van der Waals surface area contributed by atoms with Crippen molar-refractivity contribution in [3.05, 3.63) is 46.9 Å². The Bertz CT molecular complexity index is 625. The normalized spacial score (nSPS) is 12.9. The first-order chi connectivity index (χ1) is 10.4. The van der Waals surface area contributed by atoms with Crippen molar-refractivity contribution >= 4 is 0 Å². The summed E-state index contributed by atoms with van der Waals surface area (Å²) < 4.78 is 49.4. The zero-order chi connectivity index (χ0) is 16.3. The Morgan fingerprint density at radius 1 is 1.27 bits per heavy atom. The van der Waals surface area contributed by atoms with Gasteiger partial charge in [0.2, 0.25) is 5.89 Å². The molecule has 1 atom stereocenters. The molecule has 0 spiro atoms. The number of hydrogen-bond donors (Lipinski definition) is 0. The summed E-state index contributed by atoms with van der Waals surface area (Å²) in [6, 6.07) is 1.65. The second-order valence-corrected chi connectivity index (χ2v) is 4.95. The van der Waals surface area contributed by atoms with Crippen LogP contribution in [0.1, 0.15) is 30.2 Å². The minimum atomic E-state index is -1.47. The van der Waals surface area contributed by atoms with Gasteiger partial charge in [-0.3, -0.25) is 4.90 Å². The molecule has 0 saturated carbocycles. The minimum Gasteiger partial charge on any atom is -0.377 e. The molecule has 0 N–H and O–H groups in total. The van der Waals surface area contributed by atoms with E-state index in [4.69, 9.17) is 9.26 Å². The van der Waals surface area contributed by atoms with Gasteiger partial charge in [-0.2, -0.15) is 4.98 Å². The van der Waals surface area contributed by atoms with Gasteiger partial charge in [0.15, 0.2) is 23.3 Å². The lowest BCUT2D eigenvalue weighted by Crippen LogP contribution is -2.22. The quantitative estimate of drug-likeness (QED) is 0.767. The van der Waals surface area contributed by atoms with Crippen LogP contribution in [-0.2, 0) is 17.9 Å². The SMILES string of the molecule is COCc1noc([C@H](C)N(C)Cc2cc(F)c(F)c(F)c2)n1. The number of rotatable bonds is 6. The van der Waals surface area contributed by atoms with Crippen molar-refractivity contribution in [2.24, 2.45) is 0 Å². The van der Waals surface area contributed by atoms with Gasteiger partial charge in [0.1, 0.15) is 6.61 Å². The zero-order valence-corrected chi connectivity index (χ0v) is 12.4. The number of ether oxygens (including phenoxy) is 1. The van der Waals surface area contributed by atoms with Crippen LogP contribution >= 0.6 is 0 Å². The second kappa shape index (κ2) is 6.89. The molecule has 0 aliphatic carbocycles. The maximum absolute atomic E-state index is 13.2. The van der Waals surface area contributed by atoms with Gasteiger partial charge in [0, 0.05) is 13.7 Å². The Morgan fingerprint density at radius 2 is 1.91 bits per heavy atom. The third-order valence-corrected chi connectivity index (χ3v) is 3.25. The highest BCUT2D eigenvalue weighted by atomic mass is 19.2. The van der Waals surface area contributed by atoms with Crippen molar-refractivity contribution in [1.29, 1.82) is 0 Å². The summed E-state index contributed by atoms with van der Waals surface area (Å²) in [5.41, 5.74) is 0.308. The van der Waals surface area contributed by atoms with Gasteiger partial charge in [0.05, 0.1) is 6.04 Å². The van der Waals surface area contributed by atoms with Gasteiger partial charge in [-0.1, -0.05) is 5.16 Å². The van der Waals surface area contributed by atoms with E-state index < -0.39 is 17.5 Å². The van der Waals surface area contributed by atoms with Crippen LogP contribution in [0.2, 0.25) is 0 Å². The van der Waals surface area contributed by atoms with Crippen LogP contribution in [0.3, 0.4) is 0 Å². The van der Waals surface area contributed by atoms with Crippen LogP contribution in [0.5, 0.6) is 0 Å². The summed E-state index contributed by atoms with van der Waals surface area (Å²) in [5.74, 6) is -3.12. The van der Waals surface area contributed by atoms with Crippen LogP contribution < -0.4 is 0 Å². The average molecular weight is 315 g/mol. The minimum absolute atomic E-state index is 0.192. The summed E-state index contributed by atoms with van der Waals surface area (Å²) in [7, 11) is 3.24. The third kappa shape index (κ3) is 3.63. The first kappa shape index (κ1) is 16.4. The molecule has 0 fully saturated rings. The number of benzene rings is 1. The molecule has 22 heavy (non-hydrogen) atoms. The van der Waals surface area contributed by atoms with Gasteiger partial charge in [-0.25, -0.2) is 13.2 Å². The van der Waals surface area contributed by atoms with Gasteiger partial charge >= 0.3 is 0 Å². The fourth-order valence-electron chi connectivity index (χ4n) is 1.94. The number of nitrogens with zero attached hydrogens (tertiary/aromatic N) is 3. The number of halogens is 3. The Balaban J connectivity index is 2.08. The van der Waals surface area contributed by atoms with Crippen LogP contribution in [0.25, 0.3) is 0 Å². The van der Waals surface area contributed by atoms with Crippen molar-refractivity contribution in [2.75, 3.05) is 14.2 Å². The molecule has 0 aliphatic rings. The fraction of sp³-hybridized carbons (Fsp3) is 0.429. The van der Waals surface area contributed by atoms with Crippen molar-refractivity contribution in [3.63, 3.8) is 0 Å². The van der Waals surface area contributed by atoms with E-state index in [1.54, 1.807) is 18.9 Å². The molecule has 1 aromatic heterocycles. The predicted octanol–water partition coefficient (Wildman–Crippen LogP) is 2.83. The van der Waals surface area contributed by atoms with Gasteiger partial charge < -0.3 is 9.26 Å². The van der Waals surface area contributed by atoms with E-state index in [-0.39, 0.29) is 19.2 Å². The molecule has 0 amide bonds. The summed E-state index contributed by atoms with van der Waals surface area (Å²) in [4.78, 5) is 5.91. The summed E-state index contributed by atoms with van der Waals surface area (Å²) in [6.07, 6.45) is 0. The van der Waals surface area contributed by atoms with Crippen molar-refractivity contribution in [3.8, 4) is 0 Å². The molecule has 0 saturated heterocycles. The number of methoxy groups -OCH3 is 1. The molecular formula is C14H16F3N3O2. The van der Waals surface area contributed by atoms with Crippen LogP contribution in [-0.4, -0.2) is 29.2 Å². The highest BCUT2D eigenvalue weighted by Gasteiger charge is 2.20. The van der Waals surface area contributed by atoms with E-state index >= 15 is 0 Å². The van der Waals surface area contributed by atoms with Gasteiger partial charge in [0.25, 0.3) is 0 Å². The topological polar surface area (TPSA) is 51.4 Å². The third-order valence-electron chi connectivity index (χ3n) is 3.25. The monoisotopic (exact) mass is 315 g/mol. The highest BCUT2D eigenvalue weighted by molar-refractivity contribution is 5.19. The molecule has 0 radical (unpaired) electrons. The first-order valence-corrected chi connectivity index (χ1v) is 6.57. The van der Waals surface area contributed by atoms with E-state index in [1.807, 2.05) is 0 Å². The molecule has 0 aliphatic heterocycles. The second-order valence-electron chi connectivity index (χ2n) is 4.95. The van der Waals surface area contributed by atoms with Crippen LogP contribution in [0.4, 0.5) is 13.2 Å². The molecule has 2 rings (SSSR count). The zero-order valence-electron chi connectivity index (χ0n) is 12.4. The molecule has 8 heteroatoms. The Labute approximate surface area is 125 Å². The highest BCUT2D eigenvalue weighted by Crippen LogP contribution is 2.21. The molecule has 120 valence electrons. The van der Waals surface area contributed by atoms with E-state index in [1.165, 1.54) is 7.11 Å². The molecule has 1 heterocycles. The van der Waals surface area contributed by atoms with E-state index in [2.05, 4.69) is 10.1 Å². The van der Waals surface area contributed by atoms with Crippen molar-refractivity contribution < 1.29 is 22.4 Å². The number of hydrogen-bond acceptors (Lipinski definition) is 5. The summed E-state index contributed by atoms with van der Waals surface area (Å²) >= 11 is 0. The smallest absolute Gasteiger partial charge is 0.243 e. The Morgan fingerprint density at radius 3 is 2.50 bits per heavy atom. The predicted molar refractivity (Wildman–Crippen MR) is 71.2 cm³/mol. The maximum Gasteiger partial charge on any atom is 0.243 e. The van der Waals surface area contributed by atoms with E-state index in [0.29, 0.717) is 17.3 Å². The van der Waals surface area contributed by atoms with Crippen molar-refractivity contribution in [1.82, 2.24) is 15.0 Å². The fourth-order valence-corrected chi connectivity index (χ4v) is 1.94. The molecule has 0 bridgehead atoms. The first-order valence-electron chi connectivity index (χ1n) is 6.57. The van der Waals surface area contributed by atoms with E-state index in [9.17, 15) is 13.2 Å². The molecule has 1 aromatic carbocycles. The van der Waals surface area contributed by atoms with Crippen LogP contribution in [0.15, 0.2) is 16.7 Å². The summed E-state index contributed by atoms with van der Waals surface area (Å²) in [5, 5.41) is 3.75. The molecule has 0 unspecified atom stereocenters. The van der Waals surface area contributed by atoms with Crippen LogP contribution in [0, 0.1) is 17.5 Å². The van der Waals surface area contributed by atoms with E-state index in [0.717, 1.165) is 12.1 Å². The lowest BCUT2D eigenvalue weighted by atomic mass is 10.1. The summed E-state index contributed by atoms with van der Waals surface area (Å²) in [6.45, 7) is 2.23. The van der Waals surface area contributed by atoms with Crippen molar-refractivity contribution in [2.45, 2.75) is 26.1 Å². The van der Waals surface area contributed by atoms with Gasteiger partial charge in [-0.05, 0) is 31.7 Å². The largest absolute Gasteiger partial charge is 0.377 e. The lowest BCUT2D eigenvalue weighted by Gasteiger charge is -2.21. The average Bonchev–Trinajstić information content (AvgIpc) is 2.92. The maximum atomic E-state index is 13.2. The van der Waals surface area contributed by atoms with Gasteiger partial charge in [-0.15, -0.1) is 0 Å². The lowest BCUT2D eigenvalue weighted by molar-refractivity contribution is 0.173.